The van der Waals surface area contributed by atoms with Gasteiger partial charge in [-0.1, -0.05) is 63.7 Å². The number of hydrogen-bond donors (Lipinski definition) is 0. The predicted molar refractivity (Wildman–Crippen MR) is 142 cm³/mol. The van der Waals surface area contributed by atoms with Gasteiger partial charge in [0.05, 0.1) is 6.04 Å². The molecule has 1 aliphatic heterocycles. The van der Waals surface area contributed by atoms with E-state index in [-0.39, 0.29) is 17.0 Å². The second-order valence-electron chi connectivity index (χ2n) is 10.5. The van der Waals surface area contributed by atoms with E-state index in [1.54, 1.807) is 12.1 Å². The summed E-state index contributed by atoms with van der Waals surface area (Å²) in [6.07, 6.45) is 7.96. The molecule has 0 saturated heterocycles. The second-order valence-corrected chi connectivity index (χ2v) is 16.0. The van der Waals surface area contributed by atoms with Gasteiger partial charge < -0.3 is 9.13 Å². The van der Waals surface area contributed by atoms with Crippen LogP contribution in [0.1, 0.15) is 61.3 Å². The molecule has 2 aromatic carbocycles. The van der Waals surface area contributed by atoms with Gasteiger partial charge in [0, 0.05) is 40.1 Å². The van der Waals surface area contributed by atoms with Crippen LogP contribution in [-0.2, 0) is 6.42 Å². The number of hydrogen-bond acceptors (Lipinski definition) is 1. The Bertz CT molecular complexity index is 1230. The second kappa shape index (κ2) is 8.70. The van der Waals surface area contributed by atoms with E-state index in [1.165, 1.54) is 22.2 Å². The van der Waals surface area contributed by atoms with Crippen molar-refractivity contribution < 1.29 is 4.79 Å². The Hall–Kier alpha value is -2.48. The van der Waals surface area contributed by atoms with Gasteiger partial charge in [0.15, 0.2) is 8.24 Å². The zero-order chi connectivity index (χ0) is 24.0. The van der Waals surface area contributed by atoms with Crippen LogP contribution in [0.15, 0.2) is 48.5 Å². The lowest BCUT2D eigenvalue weighted by molar-refractivity contribution is 0.0646. The minimum atomic E-state index is -2.00. The highest BCUT2D eigenvalue weighted by Crippen LogP contribution is 2.46. The van der Waals surface area contributed by atoms with Crippen molar-refractivity contribution in [3.63, 3.8) is 0 Å². The first-order chi connectivity index (χ1) is 15.6. The maximum Gasteiger partial charge on any atom is 0.254 e. The van der Waals surface area contributed by atoms with Gasteiger partial charge in [-0.15, -0.1) is 12.3 Å². The summed E-state index contributed by atoms with van der Waals surface area (Å²) in [4.78, 5) is 15.7. The van der Waals surface area contributed by atoms with Crippen molar-refractivity contribution in [2.45, 2.75) is 64.2 Å². The van der Waals surface area contributed by atoms with Crippen molar-refractivity contribution in [2.24, 2.45) is 0 Å². The molecule has 33 heavy (non-hydrogen) atoms. The number of nitrogens with zero attached hydrogens (tertiary/aromatic N) is 2. The molecule has 1 aliphatic rings. The number of halogens is 1. The molecule has 0 N–H and O–H groups in total. The van der Waals surface area contributed by atoms with Crippen molar-refractivity contribution in [1.82, 2.24) is 9.13 Å². The highest BCUT2D eigenvalue weighted by molar-refractivity contribution is 6.79. The van der Waals surface area contributed by atoms with Crippen LogP contribution in [0.25, 0.3) is 10.9 Å². The summed E-state index contributed by atoms with van der Waals surface area (Å²) in [6.45, 7) is 12.6. The van der Waals surface area contributed by atoms with Crippen molar-refractivity contribution in [1.29, 1.82) is 0 Å². The van der Waals surface area contributed by atoms with E-state index in [2.05, 4.69) is 68.3 Å². The molecule has 0 unspecified atom stereocenters. The summed E-state index contributed by atoms with van der Waals surface area (Å²) >= 11 is 6.08. The van der Waals surface area contributed by atoms with Crippen LogP contribution < -0.4 is 0 Å². The molecule has 3 aromatic rings. The molecule has 0 bridgehead atoms. The molecule has 0 fully saturated rings. The highest BCUT2D eigenvalue weighted by Gasteiger charge is 2.44. The normalized spacial score (nSPS) is 16.5. The lowest BCUT2D eigenvalue weighted by Crippen LogP contribution is -2.49. The van der Waals surface area contributed by atoms with E-state index in [0.29, 0.717) is 23.6 Å². The van der Waals surface area contributed by atoms with Crippen LogP contribution in [-0.4, -0.2) is 29.8 Å². The fraction of sp³-hybridized carbons (Fsp3) is 0.393. The number of aromatic nitrogens is 1. The number of carbonyl (C=O) groups excluding carboxylic acids is 1. The highest BCUT2D eigenvalue weighted by atomic mass is 35.5. The quantitative estimate of drug-likeness (QED) is 0.286. The number of terminal acetylenes is 1. The van der Waals surface area contributed by atoms with Gasteiger partial charge in [-0.05, 0) is 53.8 Å². The summed E-state index contributed by atoms with van der Waals surface area (Å²) in [5.74, 6) is 2.87. The van der Waals surface area contributed by atoms with Gasteiger partial charge in [0.2, 0.25) is 0 Å². The lowest BCUT2D eigenvalue weighted by atomic mass is 9.93. The summed E-state index contributed by atoms with van der Waals surface area (Å²) in [5.41, 5.74) is 4.65. The van der Waals surface area contributed by atoms with E-state index in [9.17, 15) is 4.79 Å². The third kappa shape index (κ3) is 4.02. The molecule has 1 atom stereocenters. The summed E-state index contributed by atoms with van der Waals surface area (Å²) in [5, 5.41) is 2.10. The SMILES string of the molecule is C#CCC[C@H]1c2c(c3ccccc3n2[Si](C)(C)C(C)(C)C)CCN1C(=O)c1ccc(Cl)cc1. The first kappa shape index (κ1) is 23.7. The standard InChI is InChI=1S/C28H33ClN2OSi/c1-7-8-12-25-26-23(18-19-30(25)27(32)20-14-16-21(29)17-15-20)22-11-9-10-13-24(22)31(26)33(5,6)28(2,3)4/h1,9-11,13-17,25H,8,12,18-19H2,2-6H3/t25-/m0/s1. The minimum Gasteiger partial charge on any atom is -0.370 e. The Balaban J connectivity index is 1.94. The monoisotopic (exact) mass is 476 g/mol. The molecule has 172 valence electrons. The molecule has 0 radical (unpaired) electrons. The Morgan fingerprint density at radius 2 is 1.82 bits per heavy atom. The zero-order valence-corrected chi connectivity index (χ0v) is 22.0. The van der Waals surface area contributed by atoms with Crippen molar-refractivity contribution in [2.75, 3.05) is 6.54 Å². The Kier molecular flexibility index (Phi) is 6.24. The Morgan fingerprint density at radius 3 is 2.45 bits per heavy atom. The van der Waals surface area contributed by atoms with E-state index < -0.39 is 8.24 Å². The van der Waals surface area contributed by atoms with Gasteiger partial charge in [0.1, 0.15) is 0 Å². The largest absolute Gasteiger partial charge is 0.370 e. The molecule has 0 saturated carbocycles. The van der Waals surface area contributed by atoms with E-state index in [0.717, 1.165) is 12.8 Å². The van der Waals surface area contributed by atoms with Crippen LogP contribution in [0.3, 0.4) is 0 Å². The molecule has 1 amide bonds. The molecule has 3 nitrogen and oxygen atoms in total. The van der Waals surface area contributed by atoms with E-state index in [4.69, 9.17) is 18.0 Å². The average molecular weight is 477 g/mol. The maximum atomic E-state index is 13.7. The summed E-state index contributed by atoms with van der Waals surface area (Å²) in [6, 6.07) is 15.9. The Morgan fingerprint density at radius 1 is 1.15 bits per heavy atom. The fourth-order valence-electron chi connectivity index (χ4n) is 4.93. The van der Waals surface area contributed by atoms with E-state index in [1.807, 2.05) is 17.0 Å². The zero-order valence-electron chi connectivity index (χ0n) is 20.3. The topological polar surface area (TPSA) is 25.2 Å². The molecular formula is C28H33ClN2OSi. The number of fused-ring (bicyclic) bond motifs is 3. The average Bonchev–Trinajstić information content (AvgIpc) is 3.12. The van der Waals surface area contributed by atoms with Crippen LogP contribution in [0.2, 0.25) is 23.2 Å². The first-order valence-electron chi connectivity index (χ1n) is 11.7. The summed E-state index contributed by atoms with van der Waals surface area (Å²) in [7, 11) is -2.00. The van der Waals surface area contributed by atoms with Crippen molar-refractivity contribution in [3.8, 4) is 12.3 Å². The van der Waals surface area contributed by atoms with Crippen LogP contribution in [0, 0.1) is 12.3 Å². The maximum absolute atomic E-state index is 13.7. The third-order valence-corrected chi connectivity index (χ3v) is 13.1. The van der Waals surface area contributed by atoms with Gasteiger partial charge in [-0.3, -0.25) is 4.79 Å². The van der Waals surface area contributed by atoms with Gasteiger partial charge in [-0.25, -0.2) is 0 Å². The lowest BCUT2D eigenvalue weighted by Gasteiger charge is -2.44. The number of rotatable bonds is 4. The van der Waals surface area contributed by atoms with Crippen molar-refractivity contribution >= 4 is 36.6 Å². The van der Waals surface area contributed by atoms with E-state index >= 15 is 0 Å². The smallest absolute Gasteiger partial charge is 0.254 e. The van der Waals surface area contributed by atoms with Crippen LogP contribution in [0.5, 0.6) is 0 Å². The number of para-hydroxylation sites is 1. The van der Waals surface area contributed by atoms with Crippen LogP contribution >= 0.6 is 11.6 Å². The van der Waals surface area contributed by atoms with Gasteiger partial charge in [0.25, 0.3) is 5.91 Å². The van der Waals surface area contributed by atoms with Gasteiger partial charge in [-0.2, -0.15) is 0 Å². The Labute approximate surface area is 203 Å². The first-order valence-corrected chi connectivity index (χ1v) is 15.0. The molecule has 0 aliphatic carbocycles. The number of benzene rings is 2. The van der Waals surface area contributed by atoms with Crippen molar-refractivity contribution in [3.05, 3.63) is 70.4 Å². The number of carbonyl (C=O) groups is 1. The molecule has 1 aromatic heterocycles. The molecule has 4 rings (SSSR count). The molecule has 2 heterocycles. The van der Waals surface area contributed by atoms with Gasteiger partial charge >= 0.3 is 0 Å². The minimum absolute atomic E-state index is 0.0468. The predicted octanol–water partition coefficient (Wildman–Crippen LogP) is 7.30. The summed E-state index contributed by atoms with van der Waals surface area (Å²) < 4.78 is 2.64. The fourth-order valence-corrected chi connectivity index (χ4v) is 7.41. The van der Waals surface area contributed by atoms with Crippen LogP contribution in [0.4, 0.5) is 0 Å². The number of amides is 1. The third-order valence-electron chi connectivity index (χ3n) is 7.62. The molecule has 5 heteroatoms. The molecular weight excluding hydrogens is 444 g/mol. The molecule has 0 spiro atoms.